The van der Waals surface area contributed by atoms with Crippen LogP contribution in [0.1, 0.15) is 26.2 Å². The van der Waals surface area contributed by atoms with E-state index in [1.807, 2.05) is 36.4 Å². The zero-order valence-corrected chi connectivity index (χ0v) is 17.5. The molecule has 2 fully saturated rings. The summed E-state index contributed by atoms with van der Waals surface area (Å²) in [5.74, 6) is -0.924. The largest absolute Gasteiger partial charge is 0.369 e. The van der Waals surface area contributed by atoms with Gasteiger partial charge in [-0.15, -0.1) is 0 Å². The summed E-state index contributed by atoms with van der Waals surface area (Å²) in [5, 5.41) is 2.88. The van der Waals surface area contributed by atoms with Crippen molar-refractivity contribution >= 4 is 29.1 Å². The van der Waals surface area contributed by atoms with E-state index in [0.29, 0.717) is 12.8 Å². The molecule has 1 aromatic carbocycles. The molecule has 7 nitrogen and oxygen atoms in total. The second-order valence-corrected chi connectivity index (χ2v) is 8.25. The maximum absolute atomic E-state index is 12.5. The van der Waals surface area contributed by atoms with Crippen molar-refractivity contribution in [1.29, 1.82) is 0 Å². The zero-order valence-electron chi connectivity index (χ0n) is 17.5. The Morgan fingerprint density at radius 2 is 1.57 bits per heavy atom. The molecule has 0 spiro atoms. The second-order valence-electron chi connectivity index (χ2n) is 8.25. The average Bonchev–Trinajstić information content (AvgIpc) is 3.03. The molecule has 0 aromatic heterocycles. The van der Waals surface area contributed by atoms with Crippen LogP contribution in [-0.2, 0) is 14.4 Å². The molecule has 2 aliphatic heterocycles. The van der Waals surface area contributed by atoms with Crippen LogP contribution in [0.25, 0.3) is 0 Å². The molecule has 2 atom stereocenters. The van der Waals surface area contributed by atoms with E-state index in [-0.39, 0.29) is 42.5 Å². The lowest BCUT2D eigenvalue weighted by Crippen LogP contribution is -2.46. The van der Waals surface area contributed by atoms with Crippen LogP contribution < -0.4 is 10.2 Å². The minimum atomic E-state index is -0.239. The van der Waals surface area contributed by atoms with Gasteiger partial charge in [-0.1, -0.05) is 19.1 Å². The summed E-state index contributed by atoms with van der Waals surface area (Å²) in [7, 11) is 0. The number of likely N-dealkylation sites (N-methyl/N-ethyl adjacent to an activating group) is 1. The number of hydrogen-bond acceptors (Lipinski definition) is 5. The van der Waals surface area contributed by atoms with Crippen LogP contribution in [0.5, 0.6) is 0 Å². The van der Waals surface area contributed by atoms with E-state index in [1.165, 1.54) is 4.90 Å². The summed E-state index contributed by atoms with van der Waals surface area (Å²) in [6.07, 6.45) is 5.30. The van der Waals surface area contributed by atoms with Gasteiger partial charge in [-0.05, 0) is 43.7 Å². The Labute approximate surface area is 177 Å². The van der Waals surface area contributed by atoms with Crippen LogP contribution in [0.4, 0.5) is 11.4 Å². The Morgan fingerprint density at radius 1 is 0.967 bits per heavy atom. The topological polar surface area (TPSA) is 73.0 Å². The monoisotopic (exact) mass is 410 g/mol. The van der Waals surface area contributed by atoms with Gasteiger partial charge in [0, 0.05) is 50.5 Å². The van der Waals surface area contributed by atoms with Gasteiger partial charge in [0.2, 0.25) is 17.7 Å². The van der Waals surface area contributed by atoms with E-state index in [4.69, 9.17) is 0 Å². The first kappa shape index (κ1) is 20.6. The van der Waals surface area contributed by atoms with E-state index in [9.17, 15) is 14.4 Å². The number of amides is 3. The lowest BCUT2D eigenvalue weighted by atomic mass is 9.85. The van der Waals surface area contributed by atoms with Gasteiger partial charge in [0.15, 0.2) is 0 Å². The number of benzene rings is 1. The molecular formula is C23H30N4O3. The Morgan fingerprint density at radius 3 is 2.13 bits per heavy atom. The summed E-state index contributed by atoms with van der Waals surface area (Å²) in [6.45, 7) is 7.58. The highest BCUT2D eigenvalue weighted by molar-refractivity contribution is 6.05. The molecule has 160 valence electrons. The molecule has 0 bridgehead atoms. The Bertz CT molecular complexity index is 801. The van der Waals surface area contributed by atoms with Gasteiger partial charge in [-0.3, -0.25) is 19.3 Å². The van der Waals surface area contributed by atoms with E-state index >= 15 is 0 Å². The highest BCUT2D eigenvalue weighted by atomic mass is 16.2. The van der Waals surface area contributed by atoms with E-state index < -0.39 is 0 Å². The van der Waals surface area contributed by atoms with Crippen molar-refractivity contribution in [1.82, 2.24) is 9.80 Å². The smallest absolute Gasteiger partial charge is 0.233 e. The van der Waals surface area contributed by atoms with E-state index in [1.54, 1.807) is 0 Å². The van der Waals surface area contributed by atoms with Gasteiger partial charge < -0.3 is 15.1 Å². The minimum absolute atomic E-state index is 0.116. The Hall–Kier alpha value is -2.67. The maximum atomic E-state index is 12.5. The molecule has 2 saturated heterocycles. The van der Waals surface area contributed by atoms with E-state index in [0.717, 1.165) is 44.1 Å². The van der Waals surface area contributed by atoms with Crippen molar-refractivity contribution in [2.24, 2.45) is 11.8 Å². The predicted octanol–water partition coefficient (Wildman–Crippen LogP) is 2.11. The number of nitrogens with one attached hydrogen (secondary N) is 1. The summed E-state index contributed by atoms with van der Waals surface area (Å²) in [4.78, 5) is 43.4. The standard InChI is InChI=1S/C23H30N4O3/c1-2-25-13-15-26(16-14-25)18-9-7-17(8-10-18)24-21(28)11-12-27-22(29)19-5-3-4-6-20(19)23(27)30/h3-4,7-10,19-20H,2,5-6,11-16H2,1H3,(H,24,28)/t19-,20-/m1/s1. The normalized spacial score (nSPS) is 24.3. The third-order valence-corrected chi connectivity index (χ3v) is 6.50. The highest BCUT2D eigenvalue weighted by Gasteiger charge is 2.46. The van der Waals surface area contributed by atoms with Crippen molar-refractivity contribution in [2.45, 2.75) is 26.2 Å². The SMILES string of the molecule is CCN1CCN(c2ccc(NC(=O)CCN3C(=O)[C@@H]4CC=CC[C@H]4C3=O)cc2)CC1. The predicted molar refractivity (Wildman–Crippen MR) is 116 cm³/mol. The molecule has 0 saturated carbocycles. The molecule has 4 rings (SSSR count). The van der Waals surface area contributed by atoms with Gasteiger partial charge in [-0.25, -0.2) is 0 Å². The lowest BCUT2D eigenvalue weighted by molar-refractivity contribution is -0.140. The van der Waals surface area contributed by atoms with Gasteiger partial charge in [-0.2, -0.15) is 0 Å². The fourth-order valence-corrected chi connectivity index (χ4v) is 4.60. The Kier molecular flexibility index (Phi) is 6.18. The zero-order chi connectivity index (χ0) is 21.1. The molecule has 1 N–H and O–H groups in total. The van der Waals surface area contributed by atoms with Gasteiger partial charge in [0.25, 0.3) is 0 Å². The lowest BCUT2D eigenvalue weighted by Gasteiger charge is -2.35. The third kappa shape index (κ3) is 4.26. The number of rotatable bonds is 6. The van der Waals surface area contributed by atoms with Gasteiger partial charge >= 0.3 is 0 Å². The van der Waals surface area contributed by atoms with Crippen molar-refractivity contribution in [3.63, 3.8) is 0 Å². The number of imide groups is 1. The highest BCUT2D eigenvalue weighted by Crippen LogP contribution is 2.35. The second kappa shape index (κ2) is 9.00. The summed E-state index contributed by atoms with van der Waals surface area (Å²) in [5.41, 5.74) is 1.89. The van der Waals surface area contributed by atoms with Crippen molar-refractivity contribution in [3.05, 3.63) is 36.4 Å². The number of hydrogen-bond donors (Lipinski definition) is 1. The minimum Gasteiger partial charge on any atom is -0.369 e. The fourth-order valence-electron chi connectivity index (χ4n) is 4.60. The number of carbonyl (C=O) groups is 3. The van der Waals surface area contributed by atoms with Crippen LogP contribution in [-0.4, -0.2) is 66.8 Å². The number of nitrogens with zero attached hydrogens (tertiary/aromatic N) is 3. The molecule has 0 radical (unpaired) electrons. The molecule has 2 heterocycles. The molecule has 1 aliphatic carbocycles. The molecule has 3 amide bonds. The number of fused-ring (bicyclic) bond motifs is 1. The Balaban J connectivity index is 1.26. The number of anilines is 2. The fraction of sp³-hybridized carbons (Fsp3) is 0.522. The first-order valence-electron chi connectivity index (χ1n) is 10.9. The van der Waals surface area contributed by atoms with Crippen LogP contribution >= 0.6 is 0 Å². The van der Waals surface area contributed by atoms with Crippen molar-refractivity contribution in [3.8, 4) is 0 Å². The summed E-state index contributed by atoms with van der Waals surface area (Å²) < 4.78 is 0. The average molecular weight is 411 g/mol. The van der Waals surface area contributed by atoms with E-state index in [2.05, 4.69) is 22.0 Å². The van der Waals surface area contributed by atoms with Crippen molar-refractivity contribution < 1.29 is 14.4 Å². The van der Waals surface area contributed by atoms with Crippen LogP contribution in [0, 0.1) is 11.8 Å². The number of carbonyl (C=O) groups excluding carboxylic acids is 3. The first-order chi connectivity index (χ1) is 14.6. The number of allylic oxidation sites excluding steroid dienone is 2. The van der Waals surface area contributed by atoms with Crippen LogP contribution in [0.15, 0.2) is 36.4 Å². The number of likely N-dealkylation sites (tertiary alicyclic amines) is 1. The molecular weight excluding hydrogens is 380 g/mol. The van der Waals surface area contributed by atoms with Crippen molar-refractivity contribution in [2.75, 3.05) is 49.5 Å². The first-order valence-corrected chi connectivity index (χ1v) is 10.9. The number of piperazine rings is 1. The molecule has 1 aromatic rings. The summed E-state index contributed by atoms with van der Waals surface area (Å²) in [6, 6.07) is 7.88. The van der Waals surface area contributed by atoms with Crippen LogP contribution in [0.3, 0.4) is 0 Å². The van der Waals surface area contributed by atoms with Crippen LogP contribution in [0.2, 0.25) is 0 Å². The third-order valence-electron chi connectivity index (χ3n) is 6.50. The molecule has 7 heteroatoms. The summed E-state index contributed by atoms with van der Waals surface area (Å²) >= 11 is 0. The molecule has 3 aliphatic rings. The maximum Gasteiger partial charge on any atom is 0.233 e. The quantitative estimate of drug-likeness (QED) is 0.574. The van der Waals surface area contributed by atoms with Gasteiger partial charge in [0.1, 0.15) is 0 Å². The molecule has 0 unspecified atom stereocenters. The molecule has 30 heavy (non-hydrogen) atoms. The van der Waals surface area contributed by atoms with Gasteiger partial charge in [0.05, 0.1) is 11.8 Å².